The monoisotopic (exact) mass is 438 g/mol. The second-order valence-corrected chi connectivity index (χ2v) is 8.06. The number of fused-ring (bicyclic) bond motifs is 6. The summed E-state index contributed by atoms with van der Waals surface area (Å²) in [7, 11) is 0. The molecule has 1 aromatic heterocycles. The topological polar surface area (TPSA) is 68.6 Å². The number of aromatic nitrogens is 1. The Bertz CT molecular complexity index is 1770. The van der Waals surface area contributed by atoms with Crippen LogP contribution in [-0.4, -0.2) is 4.98 Å². The summed E-state index contributed by atoms with van der Waals surface area (Å²) in [6, 6.07) is 22.4. The van der Waals surface area contributed by atoms with Crippen LogP contribution in [0.3, 0.4) is 0 Å². The third-order valence-electron chi connectivity index (χ3n) is 5.54. The van der Waals surface area contributed by atoms with Gasteiger partial charge >= 0.3 is 5.63 Å². The van der Waals surface area contributed by atoms with Crippen LogP contribution in [0.1, 0.15) is 5.56 Å². The molecule has 0 saturated carbocycles. The zero-order valence-corrected chi connectivity index (χ0v) is 17.7. The Morgan fingerprint density at radius 2 is 1.66 bits per heavy atom. The lowest BCUT2D eigenvalue weighted by molar-refractivity contribution is 0.559. The molecule has 6 heteroatoms. The summed E-state index contributed by atoms with van der Waals surface area (Å²) in [5.74, 6) is 0.596. The molecule has 0 bridgehead atoms. The number of halogens is 1. The molecule has 0 radical (unpaired) electrons. The fourth-order valence-electron chi connectivity index (χ4n) is 4.03. The van der Waals surface area contributed by atoms with Crippen molar-refractivity contribution in [3.8, 4) is 11.5 Å². The number of benzene rings is 4. The summed E-state index contributed by atoms with van der Waals surface area (Å²) in [6.07, 6.45) is 0. The zero-order chi connectivity index (χ0) is 21.8. The molecule has 0 atom stereocenters. The first-order valence-corrected chi connectivity index (χ1v) is 10.4. The SMILES string of the molecule is Cc1cc(=O)oc2c1ccc1oc3cc(=Nc4ccc(Cl)cc4)c4ccccc4c-3nc12. The molecule has 0 spiro atoms. The molecule has 154 valence electrons. The molecule has 0 unspecified atom stereocenters. The van der Waals surface area contributed by atoms with E-state index in [9.17, 15) is 4.79 Å². The van der Waals surface area contributed by atoms with E-state index in [-0.39, 0.29) is 0 Å². The number of rotatable bonds is 1. The minimum absolute atomic E-state index is 0.411. The maximum absolute atomic E-state index is 12.0. The van der Waals surface area contributed by atoms with Gasteiger partial charge in [0.05, 0.1) is 11.0 Å². The normalized spacial score (nSPS) is 12.4. The number of hydrogen-bond acceptors (Lipinski definition) is 5. The minimum Gasteiger partial charge on any atom is -0.453 e. The van der Waals surface area contributed by atoms with Crippen LogP contribution in [0.25, 0.3) is 44.3 Å². The second kappa shape index (κ2) is 7.04. The van der Waals surface area contributed by atoms with Crippen LogP contribution in [-0.2, 0) is 0 Å². The molecule has 1 aliphatic carbocycles. The first-order valence-electron chi connectivity index (χ1n) is 10.1. The molecule has 6 rings (SSSR count). The van der Waals surface area contributed by atoms with Crippen LogP contribution in [0.15, 0.2) is 91.4 Å². The summed E-state index contributed by atoms with van der Waals surface area (Å²) in [5.41, 5.74) is 3.37. The van der Waals surface area contributed by atoms with Crippen molar-refractivity contribution in [1.82, 2.24) is 4.98 Å². The van der Waals surface area contributed by atoms with Crippen molar-refractivity contribution < 1.29 is 8.83 Å². The van der Waals surface area contributed by atoms with Gasteiger partial charge in [-0.3, -0.25) is 0 Å². The Morgan fingerprint density at radius 1 is 0.875 bits per heavy atom. The maximum atomic E-state index is 12.0. The van der Waals surface area contributed by atoms with Gasteiger partial charge in [-0.05, 0) is 48.9 Å². The summed E-state index contributed by atoms with van der Waals surface area (Å²) in [4.78, 5) is 21.7. The molecule has 0 amide bonds. The van der Waals surface area contributed by atoms with E-state index in [0.29, 0.717) is 33.2 Å². The third kappa shape index (κ3) is 2.98. The van der Waals surface area contributed by atoms with Crippen LogP contribution in [0.4, 0.5) is 5.69 Å². The van der Waals surface area contributed by atoms with E-state index < -0.39 is 5.63 Å². The zero-order valence-electron chi connectivity index (χ0n) is 16.9. The van der Waals surface area contributed by atoms with Crippen molar-refractivity contribution in [2.45, 2.75) is 6.92 Å². The standard InChI is InChI=1S/C26H15ClN2O3/c1-14-12-23(30)32-26-17(14)10-11-21-25(26)29-24-19-5-3-2-4-18(19)20(13-22(24)31-21)28-16-8-6-15(27)7-9-16/h2-13H,1H3. The summed E-state index contributed by atoms with van der Waals surface area (Å²) in [6.45, 7) is 1.88. The molecule has 2 heterocycles. The van der Waals surface area contributed by atoms with E-state index >= 15 is 0 Å². The van der Waals surface area contributed by atoms with E-state index in [1.165, 1.54) is 6.07 Å². The van der Waals surface area contributed by atoms with E-state index in [1.807, 2.05) is 73.7 Å². The van der Waals surface area contributed by atoms with Gasteiger partial charge in [0.15, 0.2) is 16.9 Å². The lowest BCUT2D eigenvalue weighted by Crippen LogP contribution is -2.06. The summed E-state index contributed by atoms with van der Waals surface area (Å²) in [5, 5.41) is 4.10. The number of aryl methyl sites for hydroxylation is 1. The van der Waals surface area contributed by atoms with Crippen molar-refractivity contribution in [3.63, 3.8) is 0 Å². The van der Waals surface area contributed by atoms with E-state index in [2.05, 4.69) is 0 Å². The van der Waals surface area contributed by atoms with Gasteiger partial charge in [-0.15, -0.1) is 0 Å². The van der Waals surface area contributed by atoms with Gasteiger partial charge in [-0.1, -0.05) is 35.9 Å². The average Bonchev–Trinajstić information content (AvgIpc) is 2.79. The molecule has 4 aromatic rings. The van der Waals surface area contributed by atoms with Crippen LogP contribution >= 0.6 is 11.6 Å². The van der Waals surface area contributed by atoms with Gasteiger partial charge < -0.3 is 8.83 Å². The van der Waals surface area contributed by atoms with Crippen LogP contribution in [0, 0.1) is 6.92 Å². The van der Waals surface area contributed by atoms with Gasteiger partial charge in [-0.2, -0.15) is 0 Å². The Balaban J connectivity index is 1.74. The second-order valence-electron chi connectivity index (χ2n) is 7.63. The Kier molecular flexibility index (Phi) is 4.13. The fraction of sp³-hybridized carbons (Fsp3) is 0.0385. The van der Waals surface area contributed by atoms with E-state index in [0.717, 1.165) is 32.8 Å². The molecule has 0 saturated heterocycles. The lowest BCUT2D eigenvalue weighted by Gasteiger charge is -2.11. The van der Waals surface area contributed by atoms with Crippen LogP contribution in [0.2, 0.25) is 5.02 Å². The molecular formula is C26H15ClN2O3. The minimum atomic E-state index is -0.411. The molecular weight excluding hydrogens is 424 g/mol. The van der Waals surface area contributed by atoms with Crippen LogP contribution in [0.5, 0.6) is 0 Å². The maximum Gasteiger partial charge on any atom is 0.336 e. The lowest BCUT2D eigenvalue weighted by atomic mass is 10.0. The summed E-state index contributed by atoms with van der Waals surface area (Å²) >= 11 is 6.01. The highest BCUT2D eigenvalue weighted by molar-refractivity contribution is 6.30. The molecule has 32 heavy (non-hydrogen) atoms. The Labute approximate surface area is 186 Å². The fourth-order valence-corrected chi connectivity index (χ4v) is 4.15. The van der Waals surface area contributed by atoms with E-state index in [1.54, 1.807) is 0 Å². The van der Waals surface area contributed by atoms with E-state index in [4.69, 9.17) is 30.4 Å². The van der Waals surface area contributed by atoms with Crippen molar-refractivity contribution >= 4 is 50.1 Å². The average molecular weight is 439 g/mol. The van der Waals surface area contributed by atoms with Gasteiger partial charge in [0, 0.05) is 33.3 Å². The Morgan fingerprint density at radius 3 is 2.47 bits per heavy atom. The predicted molar refractivity (Wildman–Crippen MR) is 126 cm³/mol. The highest BCUT2D eigenvalue weighted by atomic mass is 35.5. The van der Waals surface area contributed by atoms with Crippen molar-refractivity contribution in [2.24, 2.45) is 4.99 Å². The highest BCUT2D eigenvalue weighted by Gasteiger charge is 2.17. The van der Waals surface area contributed by atoms with Crippen molar-refractivity contribution in [2.75, 3.05) is 0 Å². The van der Waals surface area contributed by atoms with Crippen molar-refractivity contribution in [3.05, 3.63) is 99.2 Å². The molecule has 0 fully saturated rings. The molecule has 2 aliphatic rings. The molecule has 0 N–H and O–H groups in total. The molecule has 1 aliphatic heterocycles. The first kappa shape index (κ1) is 18.8. The van der Waals surface area contributed by atoms with Crippen LogP contribution < -0.4 is 11.0 Å². The number of nitrogens with zero attached hydrogens (tertiary/aromatic N) is 2. The Hall–Kier alpha value is -3.96. The van der Waals surface area contributed by atoms with Gasteiger partial charge in [0.1, 0.15) is 11.2 Å². The largest absolute Gasteiger partial charge is 0.453 e. The molecule has 5 nitrogen and oxygen atoms in total. The first-order chi connectivity index (χ1) is 15.6. The van der Waals surface area contributed by atoms with Gasteiger partial charge in [-0.25, -0.2) is 14.8 Å². The summed E-state index contributed by atoms with van der Waals surface area (Å²) < 4.78 is 11.8. The third-order valence-corrected chi connectivity index (χ3v) is 5.79. The quantitative estimate of drug-likeness (QED) is 0.169. The highest BCUT2D eigenvalue weighted by Crippen LogP contribution is 2.33. The smallest absolute Gasteiger partial charge is 0.336 e. The van der Waals surface area contributed by atoms with Crippen molar-refractivity contribution in [1.29, 1.82) is 0 Å². The number of hydrogen-bond donors (Lipinski definition) is 0. The van der Waals surface area contributed by atoms with Gasteiger partial charge in [0.2, 0.25) is 0 Å². The molecule has 3 aromatic carbocycles. The van der Waals surface area contributed by atoms with Gasteiger partial charge in [0.25, 0.3) is 0 Å². The predicted octanol–water partition coefficient (Wildman–Crippen LogP) is 6.39.